The molecule has 0 saturated carbocycles. The van der Waals surface area contributed by atoms with Crippen LogP contribution < -0.4 is 5.73 Å². The largest absolute Gasteiger partial charge is 0.755 e. The lowest BCUT2D eigenvalue weighted by molar-refractivity contribution is 0.224. The molecule has 0 spiro atoms. The van der Waals surface area contributed by atoms with Gasteiger partial charge in [0, 0.05) is 6.54 Å². The SMILES string of the molecule is CCCCN([O-])C(N)=O. The predicted octanol–water partition coefficient (Wildman–Crippen LogP) is 0.665. The third-order valence-corrected chi connectivity index (χ3v) is 0.961. The molecule has 0 aromatic heterocycles. The molecule has 0 aliphatic rings. The molecule has 0 aliphatic carbocycles. The van der Waals surface area contributed by atoms with Crippen LogP contribution in [0.25, 0.3) is 0 Å². The molecule has 0 aromatic carbocycles. The van der Waals surface area contributed by atoms with Crippen LogP contribution >= 0.6 is 0 Å². The van der Waals surface area contributed by atoms with Crippen molar-refractivity contribution >= 4 is 6.03 Å². The van der Waals surface area contributed by atoms with Gasteiger partial charge in [0.25, 0.3) is 0 Å². The van der Waals surface area contributed by atoms with Crippen LogP contribution in [0, 0.1) is 5.21 Å². The van der Waals surface area contributed by atoms with Gasteiger partial charge in [0.2, 0.25) is 0 Å². The molecule has 0 saturated heterocycles. The average Bonchev–Trinajstić information content (AvgIpc) is 1.82. The molecule has 0 heterocycles. The Hall–Kier alpha value is -0.770. The van der Waals surface area contributed by atoms with E-state index < -0.39 is 6.03 Å². The highest BCUT2D eigenvalue weighted by molar-refractivity contribution is 5.72. The van der Waals surface area contributed by atoms with Crippen LogP contribution in [0.2, 0.25) is 0 Å². The van der Waals surface area contributed by atoms with Gasteiger partial charge < -0.3 is 16.0 Å². The van der Waals surface area contributed by atoms with Crippen molar-refractivity contribution in [1.29, 1.82) is 0 Å². The Morgan fingerprint density at radius 3 is 2.67 bits per heavy atom. The smallest absolute Gasteiger partial charge is 0.304 e. The lowest BCUT2D eigenvalue weighted by atomic mass is 10.3. The fourth-order valence-electron chi connectivity index (χ4n) is 0.412. The summed E-state index contributed by atoms with van der Waals surface area (Å²) in [5.41, 5.74) is 4.65. The van der Waals surface area contributed by atoms with E-state index in [1.807, 2.05) is 6.92 Å². The first-order valence-corrected chi connectivity index (χ1v) is 2.92. The number of hydrogen-bond acceptors (Lipinski definition) is 2. The van der Waals surface area contributed by atoms with Crippen LogP contribution in [0.1, 0.15) is 19.8 Å². The molecule has 0 radical (unpaired) electrons. The first-order valence-electron chi connectivity index (χ1n) is 2.92. The molecule has 0 bridgehead atoms. The zero-order valence-electron chi connectivity index (χ0n) is 5.46. The number of nitrogens with zero attached hydrogens (tertiary/aromatic N) is 1. The normalized spacial score (nSPS) is 9.11. The number of unbranched alkanes of at least 4 members (excludes halogenated alkanes) is 1. The van der Waals surface area contributed by atoms with Gasteiger partial charge in [-0.3, -0.25) is 0 Å². The molecule has 0 aliphatic heterocycles. The molecule has 4 nitrogen and oxygen atoms in total. The van der Waals surface area contributed by atoms with E-state index in [0.717, 1.165) is 6.42 Å². The number of hydroxylamine groups is 2. The highest BCUT2D eigenvalue weighted by Crippen LogP contribution is 1.90. The third-order valence-electron chi connectivity index (χ3n) is 0.961. The summed E-state index contributed by atoms with van der Waals surface area (Å²) in [7, 11) is 0. The minimum atomic E-state index is -0.900. The van der Waals surface area contributed by atoms with Crippen molar-refractivity contribution in [3.63, 3.8) is 0 Å². The first-order chi connectivity index (χ1) is 4.18. The Bertz CT molecular complexity index is 95.0. The second kappa shape index (κ2) is 4.14. The minimum Gasteiger partial charge on any atom is -0.755 e. The summed E-state index contributed by atoms with van der Waals surface area (Å²) in [5.74, 6) is 0. The Labute approximate surface area is 54.2 Å². The molecule has 0 atom stereocenters. The fourth-order valence-corrected chi connectivity index (χ4v) is 0.412. The van der Waals surface area contributed by atoms with Crippen molar-refractivity contribution in [2.45, 2.75) is 19.8 Å². The van der Waals surface area contributed by atoms with E-state index in [2.05, 4.69) is 5.73 Å². The topological polar surface area (TPSA) is 69.4 Å². The maximum Gasteiger partial charge on any atom is 0.304 e. The number of rotatable bonds is 3. The van der Waals surface area contributed by atoms with E-state index in [4.69, 9.17) is 0 Å². The number of hydrogen-bond donors (Lipinski definition) is 1. The number of urea groups is 1. The molecule has 4 heteroatoms. The van der Waals surface area contributed by atoms with E-state index >= 15 is 0 Å². The third kappa shape index (κ3) is 3.78. The molecule has 0 unspecified atom stereocenters. The van der Waals surface area contributed by atoms with Gasteiger partial charge in [0.15, 0.2) is 0 Å². The van der Waals surface area contributed by atoms with E-state index in [9.17, 15) is 10.0 Å². The Balaban J connectivity index is 3.27. The standard InChI is InChI=1S/C5H11N2O2/c1-2-3-4-7(9)5(6)8/h2-4H2,1H3,(H2,6,8)/q-1. The second-order valence-electron chi connectivity index (χ2n) is 1.79. The lowest BCUT2D eigenvalue weighted by Crippen LogP contribution is -2.31. The van der Waals surface area contributed by atoms with Gasteiger partial charge in [-0.15, -0.1) is 0 Å². The van der Waals surface area contributed by atoms with E-state index in [0.29, 0.717) is 6.42 Å². The van der Waals surface area contributed by atoms with Crippen LogP contribution in [0.3, 0.4) is 0 Å². The van der Waals surface area contributed by atoms with Gasteiger partial charge in [0.1, 0.15) is 0 Å². The van der Waals surface area contributed by atoms with Crippen molar-refractivity contribution in [2.75, 3.05) is 6.54 Å². The lowest BCUT2D eigenvalue weighted by Gasteiger charge is -2.24. The number of primary amides is 1. The fraction of sp³-hybridized carbons (Fsp3) is 0.800. The van der Waals surface area contributed by atoms with Gasteiger partial charge >= 0.3 is 6.03 Å². The maximum atomic E-state index is 10.3. The molecule has 9 heavy (non-hydrogen) atoms. The van der Waals surface area contributed by atoms with Gasteiger partial charge in [-0.05, 0) is 6.42 Å². The zero-order chi connectivity index (χ0) is 7.28. The van der Waals surface area contributed by atoms with Crippen molar-refractivity contribution in [3.8, 4) is 0 Å². The summed E-state index contributed by atoms with van der Waals surface area (Å²) in [6.45, 7) is 2.15. The Morgan fingerprint density at radius 2 is 2.33 bits per heavy atom. The van der Waals surface area contributed by atoms with E-state index in [1.54, 1.807) is 0 Å². The molecule has 0 aromatic rings. The molecule has 0 fully saturated rings. The van der Waals surface area contributed by atoms with Crippen LogP contribution in [0.5, 0.6) is 0 Å². The average molecular weight is 131 g/mol. The molecular weight excluding hydrogens is 120 g/mol. The zero-order valence-corrected chi connectivity index (χ0v) is 5.46. The number of carbonyl (C=O) groups excluding carboxylic acids is 1. The Morgan fingerprint density at radius 1 is 1.78 bits per heavy atom. The van der Waals surface area contributed by atoms with Crippen molar-refractivity contribution in [2.24, 2.45) is 5.73 Å². The summed E-state index contributed by atoms with van der Waals surface area (Å²) >= 11 is 0. The van der Waals surface area contributed by atoms with Crippen molar-refractivity contribution < 1.29 is 4.79 Å². The molecular formula is C5H11N2O2-. The van der Waals surface area contributed by atoms with Gasteiger partial charge in [-0.25, -0.2) is 4.79 Å². The highest BCUT2D eigenvalue weighted by Gasteiger charge is 1.92. The highest BCUT2D eigenvalue weighted by atomic mass is 16.5. The molecule has 2 amide bonds. The molecule has 0 rings (SSSR count). The number of carbonyl (C=O) groups is 1. The summed E-state index contributed by atoms with van der Waals surface area (Å²) in [4.78, 5) is 10.0. The van der Waals surface area contributed by atoms with Gasteiger partial charge in [-0.1, -0.05) is 13.3 Å². The van der Waals surface area contributed by atoms with Crippen LogP contribution in [0.15, 0.2) is 0 Å². The summed E-state index contributed by atoms with van der Waals surface area (Å²) in [6, 6.07) is -0.900. The van der Waals surface area contributed by atoms with Crippen molar-refractivity contribution in [3.05, 3.63) is 5.21 Å². The molecule has 2 N–H and O–H groups in total. The monoisotopic (exact) mass is 131 g/mol. The van der Waals surface area contributed by atoms with Gasteiger partial charge in [0.05, 0.1) is 0 Å². The maximum absolute atomic E-state index is 10.3. The first kappa shape index (κ1) is 8.23. The molecule has 54 valence electrons. The number of nitrogens with two attached hydrogens (primary N) is 1. The summed E-state index contributed by atoms with van der Waals surface area (Å²) in [5, 5.41) is 10.6. The summed E-state index contributed by atoms with van der Waals surface area (Å²) in [6.07, 6.45) is 1.61. The van der Waals surface area contributed by atoms with Crippen molar-refractivity contribution in [1.82, 2.24) is 5.06 Å². The predicted molar refractivity (Wildman–Crippen MR) is 34.6 cm³/mol. The van der Waals surface area contributed by atoms with Gasteiger partial charge in [-0.2, -0.15) is 0 Å². The number of amides is 2. The second-order valence-corrected chi connectivity index (χ2v) is 1.79. The van der Waals surface area contributed by atoms with Crippen LogP contribution in [0.4, 0.5) is 4.79 Å². The quantitative estimate of drug-likeness (QED) is 0.572. The minimum absolute atomic E-state index is 0.214. The van der Waals surface area contributed by atoms with Crippen LogP contribution in [-0.4, -0.2) is 17.6 Å². The van der Waals surface area contributed by atoms with E-state index in [-0.39, 0.29) is 11.6 Å². The summed E-state index contributed by atoms with van der Waals surface area (Å²) < 4.78 is 0. The Kier molecular flexibility index (Phi) is 3.79. The van der Waals surface area contributed by atoms with E-state index in [1.165, 1.54) is 0 Å². The van der Waals surface area contributed by atoms with Crippen LogP contribution in [-0.2, 0) is 0 Å².